The Kier molecular flexibility index (Phi) is 4.40. The molecule has 0 atom stereocenters. The van der Waals surface area contributed by atoms with Crippen molar-refractivity contribution in [1.29, 1.82) is 0 Å². The highest BCUT2D eigenvalue weighted by Crippen LogP contribution is 2.31. The van der Waals surface area contributed by atoms with Gasteiger partial charge in [-0.2, -0.15) is 0 Å². The van der Waals surface area contributed by atoms with Crippen LogP contribution >= 0.6 is 23.6 Å². The predicted molar refractivity (Wildman–Crippen MR) is 88.5 cm³/mol. The Bertz CT molecular complexity index is 650. The van der Waals surface area contributed by atoms with E-state index in [2.05, 4.69) is 38.6 Å². The average molecular weight is 323 g/mol. The van der Waals surface area contributed by atoms with Crippen molar-refractivity contribution in [3.63, 3.8) is 0 Å². The lowest BCUT2D eigenvalue weighted by Gasteiger charge is -2.27. The zero-order chi connectivity index (χ0) is 14.8. The van der Waals surface area contributed by atoms with E-state index in [-0.39, 0.29) is 0 Å². The van der Waals surface area contributed by atoms with Gasteiger partial charge in [0.25, 0.3) is 0 Å². The number of aryl methyl sites for hydroxylation is 1. The van der Waals surface area contributed by atoms with E-state index in [4.69, 9.17) is 12.2 Å². The molecule has 21 heavy (non-hydrogen) atoms. The zero-order valence-electron chi connectivity index (χ0n) is 12.5. The molecule has 0 unspecified atom stereocenters. The first-order chi connectivity index (χ1) is 10.2. The molecule has 0 amide bonds. The lowest BCUT2D eigenvalue weighted by molar-refractivity contribution is 0.350. The molecule has 2 aromatic rings. The minimum Gasteiger partial charge on any atom is -0.339 e. The summed E-state index contributed by atoms with van der Waals surface area (Å²) in [6.45, 7) is 2.88. The van der Waals surface area contributed by atoms with Gasteiger partial charge in [-0.05, 0) is 32.0 Å². The highest BCUT2D eigenvalue weighted by atomic mass is 32.1. The van der Waals surface area contributed by atoms with Crippen LogP contribution in [0, 0.1) is 11.7 Å². The number of nitrogens with zero attached hydrogens (tertiary/aromatic N) is 4. The molecule has 0 saturated heterocycles. The highest BCUT2D eigenvalue weighted by Gasteiger charge is 2.22. The summed E-state index contributed by atoms with van der Waals surface area (Å²) in [4.78, 5) is 7.76. The highest BCUT2D eigenvalue weighted by molar-refractivity contribution is 7.71. The van der Waals surface area contributed by atoms with Crippen molar-refractivity contribution in [3.05, 3.63) is 20.9 Å². The second-order valence-corrected chi connectivity index (χ2v) is 7.03. The van der Waals surface area contributed by atoms with Crippen molar-refractivity contribution in [2.75, 3.05) is 11.9 Å². The second-order valence-electron chi connectivity index (χ2n) is 5.71. The number of aromatic amines is 1. The first kappa shape index (κ1) is 14.7. The summed E-state index contributed by atoms with van der Waals surface area (Å²) in [5.41, 5.74) is 3.00. The molecule has 5 nitrogen and oxygen atoms in total. The first-order valence-corrected chi connectivity index (χ1v) is 8.72. The SMILES string of the molecule is Cc1ncsc1CN(C)c1n[nH]c(=S)n1C1CCCCC1. The summed E-state index contributed by atoms with van der Waals surface area (Å²) in [6, 6.07) is 0.491. The Morgan fingerprint density at radius 3 is 2.86 bits per heavy atom. The normalized spacial score (nSPS) is 16.3. The van der Waals surface area contributed by atoms with Gasteiger partial charge in [0.1, 0.15) is 0 Å². The van der Waals surface area contributed by atoms with Crippen LogP contribution in [0.1, 0.15) is 48.7 Å². The number of rotatable bonds is 4. The van der Waals surface area contributed by atoms with Crippen LogP contribution in [-0.2, 0) is 6.54 Å². The number of hydrogen-bond donors (Lipinski definition) is 1. The third kappa shape index (κ3) is 3.03. The summed E-state index contributed by atoms with van der Waals surface area (Å²) in [6.07, 6.45) is 6.32. The summed E-state index contributed by atoms with van der Waals surface area (Å²) < 4.78 is 2.95. The van der Waals surface area contributed by atoms with Gasteiger partial charge in [0.2, 0.25) is 5.95 Å². The van der Waals surface area contributed by atoms with Crippen LogP contribution in [0.15, 0.2) is 5.51 Å². The van der Waals surface area contributed by atoms with E-state index in [9.17, 15) is 0 Å². The lowest BCUT2D eigenvalue weighted by atomic mass is 9.95. The van der Waals surface area contributed by atoms with Gasteiger partial charge in [-0.3, -0.25) is 4.57 Å². The number of thiazole rings is 1. The summed E-state index contributed by atoms with van der Waals surface area (Å²) >= 11 is 7.15. The van der Waals surface area contributed by atoms with Gasteiger partial charge < -0.3 is 4.90 Å². The molecule has 2 aromatic heterocycles. The monoisotopic (exact) mass is 323 g/mol. The maximum absolute atomic E-state index is 5.46. The maximum atomic E-state index is 5.46. The number of anilines is 1. The molecule has 1 N–H and O–H groups in total. The first-order valence-electron chi connectivity index (χ1n) is 7.44. The topological polar surface area (TPSA) is 49.7 Å². The molecule has 0 radical (unpaired) electrons. The molecular formula is C14H21N5S2. The fraction of sp³-hybridized carbons (Fsp3) is 0.643. The molecule has 114 valence electrons. The molecule has 0 spiro atoms. The number of hydrogen-bond acceptors (Lipinski definition) is 5. The molecule has 1 saturated carbocycles. The summed E-state index contributed by atoms with van der Waals surface area (Å²) in [7, 11) is 2.07. The van der Waals surface area contributed by atoms with Crippen LogP contribution in [0.25, 0.3) is 0 Å². The Labute approximate surface area is 134 Å². The molecule has 1 fully saturated rings. The van der Waals surface area contributed by atoms with Gasteiger partial charge in [-0.1, -0.05) is 19.3 Å². The maximum Gasteiger partial charge on any atom is 0.226 e. The average Bonchev–Trinajstić information content (AvgIpc) is 3.06. The third-order valence-corrected chi connectivity index (χ3v) is 5.40. The Morgan fingerprint density at radius 2 is 2.19 bits per heavy atom. The molecule has 1 aliphatic rings. The van der Waals surface area contributed by atoms with Gasteiger partial charge in [0, 0.05) is 18.0 Å². The van der Waals surface area contributed by atoms with Crippen molar-refractivity contribution in [2.45, 2.75) is 51.6 Å². The van der Waals surface area contributed by atoms with Crippen molar-refractivity contribution < 1.29 is 0 Å². The Morgan fingerprint density at radius 1 is 1.43 bits per heavy atom. The van der Waals surface area contributed by atoms with Crippen LogP contribution in [0.2, 0.25) is 0 Å². The van der Waals surface area contributed by atoms with Crippen molar-refractivity contribution >= 4 is 29.5 Å². The van der Waals surface area contributed by atoms with E-state index in [1.54, 1.807) is 11.3 Å². The van der Waals surface area contributed by atoms with E-state index in [1.807, 2.05) is 5.51 Å². The molecule has 3 rings (SSSR count). The van der Waals surface area contributed by atoms with Gasteiger partial charge in [0.05, 0.1) is 17.7 Å². The largest absolute Gasteiger partial charge is 0.339 e. The van der Waals surface area contributed by atoms with E-state index in [1.165, 1.54) is 37.0 Å². The fourth-order valence-corrected chi connectivity index (χ4v) is 4.10. The summed E-state index contributed by atoms with van der Waals surface area (Å²) in [5.74, 6) is 0.944. The zero-order valence-corrected chi connectivity index (χ0v) is 14.1. The van der Waals surface area contributed by atoms with Crippen molar-refractivity contribution in [3.8, 4) is 0 Å². The van der Waals surface area contributed by atoms with Crippen LogP contribution in [0.3, 0.4) is 0 Å². The molecule has 0 bridgehead atoms. The molecule has 0 aliphatic heterocycles. The van der Waals surface area contributed by atoms with Gasteiger partial charge in [-0.25, -0.2) is 10.1 Å². The van der Waals surface area contributed by atoms with Crippen molar-refractivity contribution in [1.82, 2.24) is 19.7 Å². The van der Waals surface area contributed by atoms with Crippen molar-refractivity contribution in [2.24, 2.45) is 0 Å². The smallest absolute Gasteiger partial charge is 0.226 e. The van der Waals surface area contributed by atoms with Gasteiger partial charge in [-0.15, -0.1) is 16.4 Å². The minimum atomic E-state index is 0.491. The predicted octanol–water partition coefficient (Wildman–Crippen LogP) is 3.85. The number of H-pyrrole nitrogens is 1. The standard InChI is InChI=1S/C14H21N5S2/c1-10-12(21-9-15-10)8-18(2)13-16-17-14(20)19(13)11-6-4-3-5-7-11/h9,11H,3-8H2,1-2H3,(H,17,20). The number of nitrogens with one attached hydrogen (secondary N) is 1. The molecule has 2 heterocycles. The fourth-order valence-electron chi connectivity index (χ4n) is 3.00. The minimum absolute atomic E-state index is 0.491. The molecule has 0 aromatic carbocycles. The van der Waals surface area contributed by atoms with E-state index < -0.39 is 0 Å². The van der Waals surface area contributed by atoms with Gasteiger partial charge in [0.15, 0.2) is 4.77 Å². The molecular weight excluding hydrogens is 302 g/mol. The van der Waals surface area contributed by atoms with Crippen LogP contribution in [0.4, 0.5) is 5.95 Å². The Hall–Kier alpha value is -1.21. The molecule has 1 aliphatic carbocycles. The van der Waals surface area contributed by atoms with Gasteiger partial charge >= 0.3 is 0 Å². The number of aromatic nitrogens is 4. The quantitative estimate of drug-likeness (QED) is 0.868. The van der Waals surface area contributed by atoms with E-state index in [0.29, 0.717) is 6.04 Å². The third-order valence-electron chi connectivity index (χ3n) is 4.19. The van der Waals surface area contributed by atoms with Crippen LogP contribution in [-0.4, -0.2) is 26.8 Å². The van der Waals surface area contributed by atoms with Crippen LogP contribution < -0.4 is 4.90 Å². The summed E-state index contributed by atoms with van der Waals surface area (Å²) in [5, 5.41) is 7.43. The lowest BCUT2D eigenvalue weighted by Crippen LogP contribution is -2.24. The van der Waals surface area contributed by atoms with E-state index >= 15 is 0 Å². The van der Waals surface area contributed by atoms with Crippen LogP contribution in [0.5, 0.6) is 0 Å². The Balaban J connectivity index is 1.84. The molecule has 7 heteroatoms. The second kappa shape index (κ2) is 6.27. The van der Waals surface area contributed by atoms with E-state index in [0.717, 1.165) is 23.0 Å².